The summed E-state index contributed by atoms with van der Waals surface area (Å²) in [6.07, 6.45) is 2.10. The van der Waals surface area contributed by atoms with Crippen LogP contribution in [0.25, 0.3) is 0 Å². The van der Waals surface area contributed by atoms with Crippen LogP contribution in [0.3, 0.4) is 0 Å². The monoisotopic (exact) mass is 215 g/mol. The minimum absolute atomic E-state index is 0.0744. The van der Waals surface area contributed by atoms with Crippen molar-refractivity contribution in [1.29, 1.82) is 0 Å². The number of hydrogen-bond acceptors (Lipinski definition) is 1. The Kier molecular flexibility index (Phi) is 2.69. The smallest absolute Gasteiger partial charge is 0.194 e. The molecular weight excluding hydrogens is 203 g/mol. The highest BCUT2D eigenvalue weighted by Crippen LogP contribution is 2.41. The maximum absolute atomic E-state index is 13.0. The van der Waals surface area contributed by atoms with Gasteiger partial charge in [-0.1, -0.05) is 0 Å². The third-order valence-electron chi connectivity index (χ3n) is 2.77. The zero-order valence-electron chi connectivity index (χ0n) is 8.36. The molecular formula is C11H12F3N. The van der Waals surface area contributed by atoms with Crippen LogP contribution < -0.4 is 5.32 Å². The molecule has 15 heavy (non-hydrogen) atoms. The van der Waals surface area contributed by atoms with Crippen molar-refractivity contribution in [3.8, 4) is 0 Å². The molecule has 1 unspecified atom stereocenters. The first-order valence-electron chi connectivity index (χ1n) is 4.95. The van der Waals surface area contributed by atoms with Crippen LogP contribution in [0.15, 0.2) is 12.1 Å². The van der Waals surface area contributed by atoms with E-state index in [9.17, 15) is 13.2 Å². The molecule has 1 fully saturated rings. The van der Waals surface area contributed by atoms with Gasteiger partial charge in [-0.25, -0.2) is 13.2 Å². The molecule has 0 saturated heterocycles. The summed E-state index contributed by atoms with van der Waals surface area (Å²) in [4.78, 5) is 0. The fourth-order valence-electron chi connectivity index (χ4n) is 1.86. The molecule has 2 rings (SSSR count). The van der Waals surface area contributed by atoms with Crippen LogP contribution in [0.2, 0.25) is 0 Å². The van der Waals surface area contributed by atoms with Gasteiger partial charge >= 0.3 is 0 Å². The molecule has 82 valence electrons. The van der Waals surface area contributed by atoms with Gasteiger partial charge in [0.2, 0.25) is 0 Å². The predicted molar refractivity (Wildman–Crippen MR) is 50.8 cm³/mol. The average molecular weight is 215 g/mol. The molecule has 1 saturated carbocycles. The van der Waals surface area contributed by atoms with E-state index in [0.29, 0.717) is 11.5 Å². The van der Waals surface area contributed by atoms with Crippen LogP contribution in [-0.4, -0.2) is 7.05 Å². The van der Waals surface area contributed by atoms with Crippen LogP contribution >= 0.6 is 0 Å². The maximum Gasteiger partial charge on any atom is 0.194 e. The first-order valence-corrected chi connectivity index (χ1v) is 4.95. The van der Waals surface area contributed by atoms with Crippen LogP contribution in [-0.2, 0) is 0 Å². The fourth-order valence-corrected chi connectivity index (χ4v) is 1.86. The molecule has 1 atom stereocenters. The van der Waals surface area contributed by atoms with Gasteiger partial charge in [0.1, 0.15) is 0 Å². The van der Waals surface area contributed by atoms with Gasteiger partial charge < -0.3 is 5.32 Å². The van der Waals surface area contributed by atoms with Crippen molar-refractivity contribution < 1.29 is 13.2 Å². The van der Waals surface area contributed by atoms with Crippen LogP contribution in [0, 0.1) is 23.4 Å². The highest BCUT2D eigenvalue weighted by Gasteiger charge is 2.32. The van der Waals surface area contributed by atoms with E-state index in [0.717, 1.165) is 25.0 Å². The molecule has 1 aliphatic rings. The highest BCUT2D eigenvalue weighted by atomic mass is 19.2. The quantitative estimate of drug-likeness (QED) is 0.764. The van der Waals surface area contributed by atoms with Gasteiger partial charge in [0.25, 0.3) is 0 Å². The van der Waals surface area contributed by atoms with Crippen molar-refractivity contribution in [1.82, 2.24) is 5.32 Å². The lowest BCUT2D eigenvalue weighted by atomic mass is 10.0. The lowest BCUT2D eigenvalue weighted by Crippen LogP contribution is -2.19. The summed E-state index contributed by atoms with van der Waals surface area (Å²) >= 11 is 0. The summed E-state index contributed by atoms with van der Waals surface area (Å²) in [6, 6.07) is 2.06. The van der Waals surface area contributed by atoms with Crippen LogP contribution in [0.5, 0.6) is 0 Å². The summed E-state index contributed by atoms with van der Waals surface area (Å²) < 4.78 is 38.7. The van der Waals surface area contributed by atoms with Gasteiger partial charge in [-0.05, 0) is 43.5 Å². The van der Waals surface area contributed by atoms with Gasteiger partial charge in [-0.2, -0.15) is 0 Å². The zero-order valence-corrected chi connectivity index (χ0v) is 8.36. The third kappa shape index (κ3) is 2.00. The summed E-state index contributed by atoms with van der Waals surface area (Å²) in [7, 11) is 1.74. The Morgan fingerprint density at radius 3 is 2.13 bits per heavy atom. The highest BCUT2D eigenvalue weighted by molar-refractivity contribution is 5.24. The number of nitrogens with one attached hydrogen (secondary N) is 1. The summed E-state index contributed by atoms with van der Waals surface area (Å²) in [5.74, 6) is -3.22. The lowest BCUT2D eigenvalue weighted by Gasteiger charge is -2.16. The van der Waals surface area contributed by atoms with Gasteiger partial charge in [0.05, 0.1) is 0 Å². The standard InChI is InChI=1S/C11H12F3N/c1-15-11(6-2-3-6)7-4-8(12)10(14)9(13)5-7/h4-6,11,15H,2-3H2,1H3. The van der Waals surface area contributed by atoms with Crippen molar-refractivity contribution in [2.75, 3.05) is 7.05 Å². The Hall–Kier alpha value is -1.03. The third-order valence-corrected chi connectivity index (χ3v) is 2.77. The molecule has 1 N–H and O–H groups in total. The second kappa shape index (κ2) is 3.85. The average Bonchev–Trinajstić information content (AvgIpc) is 2.99. The van der Waals surface area contributed by atoms with Crippen molar-refractivity contribution in [3.63, 3.8) is 0 Å². The van der Waals surface area contributed by atoms with E-state index in [1.54, 1.807) is 7.05 Å². The second-order valence-corrected chi connectivity index (χ2v) is 3.90. The van der Waals surface area contributed by atoms with Gasteiger partial charge in [-0.3, -0.25) is 0 Å². The Morgan fingerprint density at radius 2 is 1.73 bits per heavy atom. The maximum atomic E-state index is 13.0. The van der Waals surface area contributed by atoms with Crippen molar-refractivity contribution in [2.24, 2.45) is 5.92 Å². The molecule has 0 bridgehead atoms. The van der Waals surface area contributed by atoms with Crippen molar-refractivity contribution in [2.45, 2.75) is 18.9 Å². The number of halogens is 3. The van der Waals surface area contributed by atoms with E-state index in [-0.39, 0.29) is 6.04 Å². The molecule has 1 aromatic rings. The molecule has 0 spiro atoms. The van der Waals surface area contributed by atoms with E-state index in [1.807, 2.05) is 0 Å². The zero-order chi connectivity index (χ0) is 11.0. The molecule has 0 aromatic heterocycles. The molecule has 4 heteroatoms. The van der Waals surface area contributed by atoms with Gasteiger partial charge in [-0.15, -0.1) is 0 Å². The SMILES string of the molecule is CNC(c1cc(F)c(F)c(F)c1)C1CC1. The number of hydrogen-bond donors (Lipinski definition) is 1. The topological polar surface area (TPSA) is 12.0 Å². The summed E-state index contributed by atoms with van der Waals surface area (Å²) in [5, 5.41) is 3.00. The summed E-state index contributed by atoms with van der Waals surface area (Å²) in [5.41, 5.74) is 0.483. The van der Waals surface area contributed by atoms with Gasteiger partial charge in [0.15, 0.2) is 17.5 Å². The van der Waals surface area contributed by atoms with E-state index in [1.165, 1.54) is 0 Å². The number of rotatable bonds is 3. The lowest BCUT2D eigenvalue weighted by molar-refractivity contribution is 0.437. The minimum atomic E-state index is -1.40. The Labute approximate surface area is 86.3 Å². The largest absolute Gasteiger partial charge is 0.313 e. The van der Waals surface area contributed by atoms with Crippen LogP contribution in [0.4, 0.5) is 13.2 Å². The number of benzene rings is 1. The Morgan fingerprint density at radius 1 is 1.20 bits per heavy atom. The molecule has 0 radical (unpaired) electrons. The Balaban J connectivity index is 2.34. The van der Waals surface area contributed by atoms with E-state index in [2.05, 4.69) is 5.32 Å². The summed E-state index contributed by atoms with van der Waals surface area (Å²) in [6.45, 7) is 0. The van der Waals surface area contributed by atoms with E-state index >= 15 is 0 Å². The molecule has 0 amide bonds. The first kappa shape index (κ1) is 10.5. The molecule has 0 aliphatic heterocycles. The second-order valence-electron chi connectivity index (χ2n) is 3.90. The van der Waals surface area contributed by atoms with E-state index < -0.39 is 17.5 Å². The van der Waals surface area contributed by atoms with E-state index in [4.69, 9.17) is 0 Å². The Bertz CT molecular complexity index is 351. The predicted octanol–water partition coefficient (Wildman–Crippen LogP) is 2.77. The fraction of sp³-hybridized carbons (Fsp3) is 0.455. The molecule has 1 aliphatic carbocycles. The molecule has 0 heterocycles. The normalized spacial score (nSPS) is 17.9. The van der Waals surface area contributed by atoms with Crippen LogP contribution in [0.1, 0.15) is 24.4 Å². The first-order chi connectivity index (χ1) is 7.13. The molecule has 1 nitrogen and oxygen atoms in total. The minimum Gasteiger partial charge on any atom is -0.313 e. The van der Waals surface area contributed by atoms with Gasteiger partial charge in [0, 0.05) is 6.04 Å². The molecule has 1 aromatic carbocycles. The van der Waals surface area contributed by atoms with Crippen molar-refractivity contribution in [3.05, 3.63) is 35.1 Å². The van der Waals surface area contributed by atoms with Crippen molar-refractivity contribution >= 4 is 0 Å².